The van der Waals surface area contributed by atoms with Crippen molar-refractivity contribution in [1.82, 2.24) is 19.5 Å². The van der Waals surface area contributed by atoms with Crippen LogP contribution in [0.25, 0.3) is 66.6 Å². The Kier molecular flexibility index (Phi) is 5.55. The van der Waals surface area contributed by atoms with Gasteiger partial charge in [0.2, 0.25) is 5.95 Å². The third-order valence-corrected chi connectivity index (χ3v) is 9.76. The third kappa shape index (κ3) is 3.88. The van der Waals surface area contributed by atoms with Crippen LogP contribution in [0, 0.1) is 5.92 Å². The molecule has 2 aliphatic carbocycles. The predicted octanol–water partition coefficient (Wildman–Crippen LogP) is 10.1. The lowest BCUT2D eigenvalue weighted by Gasteiger charge is -2.23. The molecule has 0 spiro atoms. The van der Waals surface area contributed by atoms with Crippen LogP contribution in [0.4, 0.5) is 0 Å². The van der Waals surface area contributed by atoms with Gasteiger partial charge in [-0.25, -0.2) is 4.98 Å². The Morgan fingerprint density at radius 3 is 2.27 bits per heavy atom. The number of fused-ring (bicyclic) bond motifs is 8. The van der Waals surface area contributed by atoms with Gasteiger partial charge in [0.05, 0.1) is 11.0 Å². The maximum atomic E-state index is 5.18. The lowest BCUT2D eigenvalue weighted by Crippen LogP contribution is -2.16. The minimum absolute atomic E-state index is 0.172. The number of nitrogens with zero attached hydrogens (tertiary/aromatic N) is 4. The number of benzene rings is 5. The van der Waals surface area contributed by atoms with Crippen molar-refractivity contribution in [3.8, 4) is 28.5 Å². The van der Waals surface area contributed by atoms with Crippen molar-refractivity contribution in [2.24, 2.45) is 5.92 Å². The Hall–Kier alpha value is -5.35. The highest BCUT2D eigenvalue weighted by atomic mass is 15.2. The first-order valence-electron chi connectivity index (χ1n) is 15.8. The standard InChI is InChI=1S/C41H32N4/c1-25-17-19-28(20-18-25)39-42-38(27-12-5-4-6-13-27)43-40(44-39)45-35-16-10-9-15-30(35)33-23-32-31-22-21-26-11-7-8-14-29(26)37(31)41(2,3)34(32)24-36(33)45/h4-17,19-25H,18H2,1-3H3. The summed E-state index contributed by atoms with van der Waals surface area (Å²) in [6.45, 7) is 6.96. The summed E-state index contributed by atoms with van der Waals surface area (Å²) in [6.07, 6.45) is 7.62. The summed E-state index contributed by atoms with van der Waals surface area (Å²) in [5.74, 6) is 2.52. The summed E-state index contributed by atoms with van der Waals surface area (Å²) in [5.41, 5.74) is 9.40. The molecular weight excluding hydrogens is 548 g/mol. The zero-order chi connectivity index (χ0) is 30.3. The number of rotatable bonds is 3. The summed E-state index contributed by atoms with van der Waals surface area (Å²) in [4.78, 5) is 15.3. The Morgan fingerprint density at radius 1 is 0.689 bits per heavy atom. The fourth-order valence-corrected chi connectivity index (χ4v) is 7.48. The third-order valence-electron chi connectivity index (χ3n) is 9.76. The first-order valence-corrected chi connectivity index (χ1v) is 15.8. The molecule has 0 saturated heterocycles. The summed E-state index contributed by atoms with van der Waals surface area (Å²) in [6, 6.07) is 37.0. The SMILES string of the molecule is CC1C=CC(c2nc(-c3ccccc3)nc(-n3c4ccccc4c4cc5c(cc43)C(C)(C)c3c-5ccc4ccccc34)n2)=CC1. The van der Waals surface area contributed by atoms with Gasteiger partial charge in [-0.15, -0.1) is 0 Å². The first-order chi connectivity index (χ1) is 22.0. The molecule has 5 aromatic carbocycles. The summed E-state index contributed by atoms with van der Waals surface area (Å²) >= 11 is 0. The lowest BCUT2D eigenvalue weighted by atomic mass is 9.80. The Morgan fingerprint density at radius 2 is 1.44 bits per heavy atom. The minimum atomic E-state index is -0.172. The number of allylic oxidation sites excluding steroid dienone is 4. The number of aromatic nitrogens is 4. The molecule has 9 rings (SSSR count). The van der Waals surface area contributed by atoms with Gasteiger partial charge in [0.1, 0.15) is 0 Å². The van der Waals surface area contributed by atoms with E-state index in [9.17, 15) is 0 Å². The van der Waals surface area contributed by atoms with E-state index in [1.807, 2.05) is 18.2 Å². The van der Waals surface area contributed by atoms with Crippen molar-refractivity contribution in [2.45, 2.75) is 32.6 Å². The minimum Gasteiger partial charge on any atom is -0.278 e. The highest BCUT2D eigenvalue weighted by Gasteiger charge is 2.38. The van der Waals surface area contributed by atoms with E-state index in [-0.39, 0.29) is 5.41 Å². The van der Waals surface area contributed by atoms with Gasteiger partial charge < -0.3 is 0 Å². The molecule has 1 atom stereocenters. The van der Waals surface area contributed by atoms with Crippen molar-refractivity contribution < 1.29 is 0 Å². The van der Waals surface area contributed by atoms with Gasteiger partial charge in [0, 0.05) is 27.3 Å². The van der Waals surface area contributed by atoms with Crippen LogP contribution >= 0.6 is 0 Å². The van der Waals surface area contributed by atoms with Gasteiger partial charge >= 0.3 is 0 Å². The quantitative estimate of drug-likeness (QED) is 0.209. The van der Waals surface area contributed by atoms with Crippen LogP contribution in [0.15, 0.2) is 121 Å². The monoisotopic (exact) mass is 580 g/mol. The molecule has 4 nitrogen and oxygen atoms in total. The second-order valence-electron chi connectivity index (χ2n) is 13.0. The van der Waals surface area contributed by atoms with E-state index in [0.717, 1.165) is 28.6 Å². The van der Waals surface area contributed by atoms with E-state index in [4.69, 9.17) is 15.0 Å². The van der Waals surface area contributed by atoms with E-state index in [0.29, 0.717) is 23.5 Å². The molecule has 4 heteroatoms. The molecule has 1 unspecified atom stereocenters. The molecule has 0 fully saturated rings. The molecule has 0 radical (unpaired) electrons. The molecular formula is C41H32N4. The summed E-state index contributed by atoms with van der Waals surface area (Å²) < 4.78 is 2.25. The number of para-hydroxylation sites is 1. The molecule has 7 aromatic rings. The predicted molar refractivity (Wildman–Crippen MR) is 186 cm³/mol. The molecule has 0 N–H and O–H groups in total. The second-order valence-corrected chi connectivity index (χ2v) is 13.0. The van der Waals surface area contributed by atoms with E-state index >= 15 is 0 Å². The molecule has 2 heterocycles. The molecule has 2 aliphatic rings. The highest BCUT2D eigenvalue weighted by Crippen LogP contribution is 2.53. The zero-order valence-electron chi connectivity index (χ0n) is 25.6. The second kappa shape index (κ2) is 9.57. The van der Waals surface area contributed by atoms with Crippen molar-refractivity contribution in [3.05, 3.63) is 138 Å². The molecule has 0 bridgehead atoms. The van der Waals surface area contributed by atoms with E-state index < -0.39 is 0 Å². The first kappa shape index (κ1) is 26.1. The van der Waals surface area contributed by atoms with Gasteiger partial charge in [-0.2, -0.15) is 9.97 Å². The normalized spacial score (nSPS) is 16.7. The maximum absolute atomic E-state index is 5.18. The molecule has 0 saturated carbocycles. The average molecular weight is 581 g/mol. The van der Waals surface area contributed by atoms with Crippen LogP contribution < -0.4 is 0 Å². The van der Waals surface area contributed by atoms with Crippen molar-refractivity contribution in [2.75, 3.05) is 0 Å². The Labute approximate surface area is 262 Å². The molecule has 45 heavy (non-hydrogen) atoms. The number of hydrogen-bond acceptors (Lipinski definition) is 3. The van der Waals surface area contributed by atoms with Gasteiger partial charge in [-0.3, -0.25) is 4.57 Å². The Balaban J connectivity index is 1.34. The van der Waals surface area contributed by atoms with Gasteiger partial charge in [0.25, 0.3) is 0 Å². The van der Waals surface area contributed by atoms with Crippen molar-refractivity contribution in [3.63, 3.8) is 0 Å². The van der Waals surface area contributed by atoms with Crippen molar-refractivity contribution >= 4 is 38.2 Å². The van der Waals surface area contributed by atoms with Crippen LogP contribution in [-0.2, 0) is 5.41 Å². The van der Waals surface area contributed by atoms with E-state index in [1.165, 1.54) is 43.8 Å². The summed E-state index contributed by atoms with van der Waals surface area (Å²) in [5, 5.41) is 5.00. The van der Waals surface area contributed by atoms with Crippen LogP contribution in [0.2, 0.25) is 0 Å². The van der Waals surface area contributed by atoms with Gasteiger partial charge in [-0.05, 0) is 63.6 Å². The topological polar surface area (TPSA) is 43.6 Å². The molecule has 2 aromatic heterocycles. The molecule has 216 valence electrons. The number of hydrogen-bond donors (Lipinski definition) is 0. The fourth-order valence-electron chi connectivity index (χ4n) is 7.48. The highest BCUT2D eigenvalue weighted by molar-refractivity contribution is 6.12. The van der Waals surface area contributed by atoms with Gasteiger partial charge in [0.15, 0.2) is 11.6 Å². The largest absolute Gasteiger partial charge is 0.278 e. The lowest BCUT2D eigenvalue weighted by molar-refractivity contribution is 0.666. The van der Waals surface area contributed by atoms with Crippen LogP contribution in [0.1, 0.15) is 44.1 Å². The molecule has 0 aliphatic heterocycles. The van der Waals surface area contributed by atoms with E-state index in [2.05, 4.69) is 128 Å². The smallest absolute Gasteiger partial charge is 0.238 e. The van der Waals surface area contributed by atoms with Crippen LogP contribution in [0.3, 0.4) is 0 Å². The van der Waals surface area contributed by atoms with Crippen LogP contribution in [0.5, 0.6) is 0 Å². The van der Waals surface area contributed by atoms with Gasteiger partial charge in [-0.1, -0.05) is 124 Å². The fraction of sp³-hybridized carbons (Fsp3) is 0.146. The van der Waals surface area contributed by atoms with Crippen LogP contribution in [-0.4, -0.2) is 19.5 Å². The zero-order valence-corrected chi connectivity index (χ0v) is 25.6. The Bertz CT molecular complexity index is 2390. The van der Waals surface area contributed by atoms with E-state index in [1.54, 1.807) is 0 Å². The van der Waals surface area contributed by atoms with Crippen molar-refractivity contribution in [1.29, 1.82) is 0 Å². The maximum Gasteiger partial charge on any atom is 0.238 e. The average Bonchev–Trinajstić information content (AvgIpc) is 3.52. The summed E-state index contributed by atoms with van der Waals surface area (Å²) in [7, 11) is 0. The molecule has 0 amide bonds.